The maximum atomic E-state index is 13.1. The average molecular weight is 558 g/mol. The van der Waals surface area contributed by atoms with Crippen LogP contribution in [0.25, 0.3) is 22.5 Å². The minimum absolute atomic E-state index is 0.117. The minimum atomic E-state index is 0.117. The molecule has 6 rings (SSSR count). The lowest BCUT2D eigenvalue weighted by Crippen LogP contribution is -2.44. The van der Waals surface area contributed by atoms with E-state index in [4.69, 9.17) is 24.4 Å². The van der Waals surface area contributed by atoms with Crippen molar-refractivity contribution in [3.8, 4) is 22.5 Å². The zero-order chi connectivity index (χ0) is 28.2. The van der Waals surface area contributed by atoms with Gasteiger partial charge in [0.05, 0.1) is 26.4 Å². The summed E-state index contributed by atoms with van der Waals surface area (Å²) in [7, 11) is 4.23. The molecule has 2 aromatic carbocycles. The molecule has 1 aromatic heterocycles. The number of piperidine rings is 1. The molecule has 3 aromatic rings. The van der Waals surface area contributed by atoms with Gasteiger partial charge in [0, 0.05) is 56.4 Å². The van der Waals surface area contributed by atoms with Crippen molar-refractivity contribution in [2.45, 2.75) is 18.9 Å². The van der Waals surface area contributed by atoms with Crippen molar-refractivity contribution in [1.29, 1.82) is 0 Å². The predicted molar refractivity (Wildman–Crippen MR) is 159 cm³/mol. The molecule has 3 fully saturated rings. The number of rotatable bonds is 6. The smallest absolute Gasteiger partial charge is 0.253 e. The second-order valence-corrected chi connectivity index (χ2v) is 11.1. The van der Waals surface area contributed by atoms with E-state index >= 15 is 0 Å². The molecule has 3 aliphatic rings. The van der Waals surface area contributed by atoms with Crippen LogP contribution in [0.3, 0.4) is 0 Å². The number of ether oxygens (including phenoxy) is 2. The van der Waals surface area contributed by atoms with Gasteiger partial charge in [-0.2, -0.15) is 15.0 Å². The second-order valence-electron chi connectivity index (χ2n) is 11.1. The molecule has 10 nitrogen and oxygen atoms in total. The van der Waals surface area contributed by atoms with E-state index in [0.717, 1.165) is 74.4 Å². The summed E-state index contributed by atoms with van der Waals surface area (Å²) in [5.74, 6) is 2.16. The molecule has 0 atom stereocenters. The third-order valence-electron chi connectivity index (χ3n) is 8.29. The number of nitrogens with zero attached hydrogens (tertiary/aromatic N) is 7. The molecule has 0 N–H and O–H groups in total. The van der Waals surface area contributed by atoms with Gasteiger partial charge in [0.25, 0.3) is 5.91 Å². The molecule has 3 aliphatic heterocycles. The minimum Gasteiger partial charge on any atom is -0.378 e. The standard InChI is InChI=1S/C31H39N7O3/c1-35(2)27-11-13-36(14-12-27)29(39)26-9-5-24(6-10-26)23-3-7-25(8-4-23)28-32-30(37-15-19-40-20-16-37)34-31(33-28)38-17-21-41-22-18-38/h3-10,27H,11-22H2,1-2H3. The fraction of sp³-hybridized carbons (Fsp3) is 0.484. The highest BCUT2D eigenvalue weighted by molar-refractivity contribution is 5.94. The Labute approximate surface area is 241 Å². The van der Waals surface area contributed by atoms with E-state index in [1.54, 1.807) is 0 Å². The van der Waals surface area contributed by atoms with Crippen LogP contribution in [-0.2, 0) is 9.47 Å². The molecule has 0 radical (unpaired) electrons. The van der Waals surface area contributed by atoms with E-state index in [1.165, 1.54) is 0 Å². The van der Waals surface area contributed by atoms with E-state index in [1.807, 2.05) is 29.2 Å². The number of amides is 1. The molecular weight excluding hydrogens is 518 g/mol. The molecule has 4 heterocycles. The van der Waals surface area contributed by atoms with Crippen molar-refractivity contribution >= 4 is 17.8 Å². The van der Waals surface area contributed by atoms with Crippen LogP contribution >= 0.6 is 0 Å². The first-order chi connectivity index (χ1) is 20.0. The topological polar surface area (TPSA) is 87.2 Å². The third-order valence-corrected chi connectivity index (χ3v) is 8.29. The van der Waals surface area contributed by atoms with Gasteiger partial charge in [-0.3, -0.25) is 4.79 Å². The molecule has 0 saturated carbocycles. The Morgan fingerprint density at radius 3 is 1.63 bits per heavy atom. The molecule has 1 amide bonds. The first-order valence-corrected chi connectivity index (χ1v) is 14.6. The number of anilines is 2. The maximum Gasteiger partial charge on any atom is 0.253 e. The van der Waals surface area contributed by atoms with Gasteiger partial charge in [-0.15, -0.1) is 0 Å². The van der Waals surface area contributed by atoms with Gasteiger partial charge in [-0.25, -0.2) is 0 Å². The molecule has 0 unspecified atom stereocenters. The molecule has 0 aliphatic carbocycles. The Balaban J connectivity index is 1.18. The van der Waals surface area contributed by atoms with Crippen LogP contribution in [0.2, 0.25) is 0 Å². The summed E-state index contributed by atoms with van der Waals surface area (Å²) in [4.78, 5) is 36.2. The molecule has 3 saturated heterocycles. The van der Waals surface area contributed by atoms with Crippen molar-refractivity contribution in [3.63, 3.8) is 0 Å². The van der Waals surface area contributed by atoms with Crippen molar-refractivity contribution in [2.75, 3.05) is 89.6 Å². The van der Waals surface area contributed by atoms with Crippen molar-refractivity contribution in [3.05, 3.63) is 54.1 Å². The van der Waals surface area contributed by atoms with Crippen molar-refractivity contribution in [1.82, 2.24) is 24.8 Å². The number of carbonyl (C=O) groups excluding carboxylic acids is 1. The van der Waals surface area contributed by atoms with Gasteiger partial charge in [-0.05, 0) is 50.2 Å². The summed E-state index contributed by atoms with van der Waals surface area (Å²) in [6.07, 6.45) is 2.04. The molecule has 41 heavy (non-hydrogen) atoms. The quantitative estimate of drug-likeness (QED) is 0.454. The van der Waals surface area contributed by atoms with E-state index in [2.05, 4.69) is 53.1 Å². The van der Waals surface area contributed by atoms with Gasteiger partial charge in [0.15, 0.2) is 5.82 Å². The molecule has 0 spiro atoms. The van der Waals surface area contributed by atoms with Crippen LogP contribution in [0.1, 0.15) is 23.2 Å². The predicted octanol–water partition coefficient (Wildman–Crippen LogP) is 3.05. The van der Waals surface area contributed by atoms with Crippen LogP contribution in [0.4, 0.5) is 11.9 Å². The fourth-order valence-electron chi connectivity index (χ4n) is 5.68. The van der Waals surface area contributed by atoms with Gasteiger partial charge in [0.2, 0.25) is 11.9 Å². The summed E-state index contributed by atoms with van der Waals surface area (Å²) in [5, 5.41) is 0. The first-order valence-electron chi connectivity index (χ1n) is 14.6. The summed E-state index contributed by atoms with van der Waals surface area (Å²) in [6, 6.07) is 16.8. The van der Waals surface area contributed by atoms with Gasteiger partial charge >= 0.3 is 0 Å². The Hall–Kier alpha value is -3.60. The first kappa shape index (κ1) is 27.6. The number of hydrogen-bond donors (Lipinski definition) is 0. The normalized spacial score (nSPS) is 18.7. The summed E-state index contributed by atoms with van der Waals surface area (Å²) in [6.45, 7) is 7.34. The zero-order valence-corrected chi connectivity index (χ0v) is 24.0. The largest absolute Gasteiger partial charge is 0.378 e. The van der Waals surface area contributed by atoms with E-state index in [0.29, 0.717) is 50.2 Å². The monoisotopic (exact) mass is 557 g/mol. The van der Waals surface area contributed by atoms with Crippen molar-refractivity contribution in [2.24, 2.45) is 0 Å². The average Bonchev–Trinajstić information content (AvgIpc) is 3.05. The highest BCUT2D eigenvalue weighted by Gasteiger charge is 2.25. The highest BCUT2D eigenvalue weighted by Crippen LogP contribution is 2.27. The van der Waals surface area contributed by atoms with Gasteiger partial charge < -0.3 is 29.1 Å². The van der Waals surface area contributed by atoms with E-state index in [9.17, 15) is 4.79 Å². The van der Waals surface area contributed by atoms with Gasteiger partial charge in [-0.1, -0.05) is 36.4 Å². The van der Waals surface area contributed by atoms with Crippen LogP contribution in [-0.4, -0.2) is 116 Å². The molecule has 216 valence electrons. The summed E-state index contributed by atoms with van der Waals surface area (Å²) >= 11 is 0. The SMILES string of the molecule is CN(C)C1CCN(C(=O)c2ccc(-c3ccc(-c4nc(N5CCOCC5)nc(N5CCOCC5)n4)cc3)cc2)CC1. The van der Waals surface area contributed by atoms with Gasteiger partial charge in [0.1, 0.15) is 0 Å². The lowest BCUT2D eigenvalue weighted by atomic mass is 10.0. The third kappa shape index (κ3) is 6.34. The number of morpholine rings is 2. The number of hydrogen-bond acceptors (Lipinski definition) is 9. The Morgan fingerprint density at radius 2 is 1.15 bits per heavy atom. The van der Waals surface area contributed by atoms with E-state index in [-0.39, 0.29) is 5.91 Å². The lowest BCUT2D eigenvalue weighted by molar-refractivity contribution is 0.0663. The lowest BCUT2D eigenvalue weighted by Gasteiger charge is -2.35. The number of carbonyl (C=O) groups is 1. The van der Waals surface area contributed by atoms with Crippen LogP contribution < -0.4 is 9.80 Å². The highest BCUT2D eigenvalue weighted by atomic mass is 16.5. The number of aromatic nitrogens is 3. The Kier molecular flexibility index (Phi) is 8.41. The maximum absolute atomic E-state index is 13.1. The number of likely N-dealkylation sites (tertiary alicyclic amines) is 1. The van der Waals surface area contributed by atoms with E-state index < -0.39 is 0 Å². The summed E-state index contributed by atoms with van der Waals surface area (Å²) in [5.41, 5.74) is 3.83. The summed E-state index contributed by atoms with van der Waals surface area (Å²) < 4.78 is 11.1. The number of benzene rings is 2. The molecule has 0 bridgehead atoms. The Bertz CT molecular complexity index is 1280. The van der Waals surface area contributed by atoms with Crippen LogP contribution in [0, 0.1) is 0 Å². The zero-order valence-electron chi connectivity index (χ0n) is 24.0. The van der Waals surface area contributed by atoms with Crippen LogP contribution in [0.5, 0.6) is 0 Å². The second kappa shape index (κ2) is 12.5. The fourth-order valence-corrected chi connectivity index (χ4v) is 5.68. The van der Waals surface area contributed by atoms with Crippen molar-refractivity contribution < 1.29 is 14.3 Å². The molecular formula is C31H39N7O3. The van der Waals surface area contributed by atoms with Crippen LogP contribution in [0.15, 0.2) is 48.5 Å². The molecule has 10 heteroatoms. The Morgan fingerprint density at radius 1 is 0.683 bits per heavy atom.